The van der Waals surface area contributed by atoms with Gasteiger partial charge in [0.15, 0.2) is 0 Å². The maximum absolute atomic E-state index is 10.5. The molecular weight excluding hydrogens is 226 g/mol. The third kappa shape index (κ3) is 3.72. The number of hydrogen-bond acceptors (Lipinski definition) is 3. The van der Waals surface area contributed by atoms with E-state index in [1.165, 1.54) is 0 Å². The molecule has 0 fully saturated rings. The Hall–Kier alpha value is -1.58. The average Bonchev–Trinajstić information content (AvgIpc) is 2.32. The molecule has 3 nitrogen and oxygen atoms in total. The fraction of sp³-hybridized carbons (Fsp3) is 0.333. The van der Waals surface area contributed by atoms with E-state index in [0.717, 1.165) is 5.56 Å². The molecule has 3 heteroatoms. The second-order valence-corrected chi connectivity index (χ2v) is 4.57. The highest BCUT2D eigenvalue weighted by molar-refractivity contribution is 5.27. The van der Waals surface area contributed by atoms with Gasteiger partial charge in [0.25, 0.3) is 0 Å². The van der Waals surface area contributed by atoms with E-state index in [9.17, 15) is 10.2 Å². The van der Waals surface area contributed by atoms with E-state index in [4.69, 9.17) is 5.73 Å². The molecular formula is C15H21NO2. The number of phenols is 1. The monoisotopic (exact) mass is 247 g/mol. The summed E-state index contributed by atoms with van der Waals surface area (Å²) in [4.78, 5) is 0. The quantitative estimate of drug-likeness (QED) is 0.647. The molecule has 0 saturated heterocycles. The van der Waals surface area contributed by atoms with E-state index in [1.807, 2.05) is 0 Å². The minimum Gasteiger partial charge on any atom is -0.508 e. The maximum Gasteiger partial charge on any atom is 0.115 e. The zero-order valence-electron chi connectivity index (χ0n) is 10.5. The normalized spacial score (nSPS) is 13.0. The van der Waals surface area contributed by atoms with Gasteiger partial charge in [0.05, 0.1) is 5.60 Å². The van der Waals surface area contributed by atoms with Gasteiger partial charge in [-0.2, -0.15) is 0 Å². The number of aromatic hydroxyl groups is 1. The third-order valence-corrected chi connectivity index (χ3v) is 3.08. The van der Waals surface area contributed by atoms with E-state index in [-0.39, 0.29) is 5.75 Å². The summed E-state index contributed by atoms with van der Waals surface area (Å²) in [6.07, 6.45) is 4.73. The molecule has 0 bridgehead atoms. The summed E-state index contributed by atoms with van der Waals surface area (Å²) in [5.41, 5.74) is 6.05. The Labute approximate surface area is 108 Å². The van der Waals surface area contributed by atoms with Crippen LogP contribution in [0.5, 0.6) is 5.75 Å². The van der Waals surface area contributed by atoms with Gasteiger partial charge in [0, 0.05) is 6.04 Å². The van der Waals surface area contributed by atoms with E-state index in [2.05, 4.69) is 13.2 Å². The molecule has 0 radical (unpaired) electrons. The zero-order valence-corrected chi connectivity index (χ0v) is 10.5. The summed E-state index contributed by atoms with van der Waals surface area (Å²) in [5.74, 6) is 0.222. The molecule has 0 amide bonds. The molecule has 0 aliphatic rings. The molecule has 0 aliphatic carbocycles. The first kappa shape index (κ1) is 14.5. The van der Waals surface area contributed by atoms with Crippen molar-refractivity contribution in [3.63, 3.8) is 0 Å². The molecule has 1 rings (SSSR count). The zero-order chi connectivity index (χ0) is 13.6. The minimum atomic E-state index is -1.01. The fourth-order valence-electron chi connectivity index (χ4n) is 1.96. The van der Waals surface area contributed by atoms with Crippen LogP contribution in [0, 0.1) is 0 Å². The van der Waals surface area contributed by atoms with E-state index >= 15 is 0 Å². The summed E-state index contributed by atoms with van der Waals surface area (Å²) >= 11 is 0. The van der Waals surface area contributed by atoms with Gasteiger partial charge in [0.1, 0.15) is 5.75 Å². The van der Waals surface area contributed by atoms with Crippen molar-refractivity contribution in [1.82, 2.24) is 0 Å². The standard InChI is InChI=1S/C15H21NO2/c1-3-9-15(18,10-4-2)14(16)11-12-5-7-13(17)8-6-12/h3-8,14,17-18H,1-2,9-11,16H2/t14-/m0/s1. The van der Waals surface area contributed by atoms with Crippen LogP contribution >= 0.6 is 0 Å². The van der Waals surface area contributed by atoms with Crippen molar-refractivity contribution in [2.45, 2.75) is 30.9 Å². The minimum absolute atomic E-state index is 0.222. The topological polar surface area (TPSA) is 66.5 Å². The summed E-state index contributed by atoms with van der Waals surface area (Å²) < 4.78 is 0. The molecule has 1 aromatic carbocycles. The van der Waals surface area contributed by atoms with Crippen molar-refractivity contribution in [1.29, 1.82) is 0 Å². The highest BCUT2D eigenvalue weighted by atomic mass is 16.3. The Kier molecular flexibility index (Phi) is 5.13. The van der Waals surface area contributed by atoms with Gasteiger partial charge in [-0.3, -0.25) is 0 Å². The Morgan fingerprint density at radius 2 is 1.67 bits per heavy atom. The Morgan fingerprint density at radius 1 is 1.17 bits per heavy atom. The van der Waals surface area contributed by atoms with E-state index in [0.29, 0.717) is 19.3 Å². The van der Waals surface area contributed by atoms with Crippen LogP contribution in [0.2, 0.25) is 0 Å². The van der Waals surface area contributed by atoms with Gasteiger partial charge in [-0.1, -0.05) is 24.3 Å². The largest absolute Gasteiger partial charge is 0.508 e. The third-order valence-electron chi connectivity index (χ3n) is 3.08. The van der Waals surface area contributed by atoms with Crippen LogP contribution in [0.25, 0.3) is 0 Å². The van der Waals surface area contributed by atoms with E-state index in [1.54, 1.807) is 36.4 Å². The average molecular weight is 247 g/mol. The second kappa shape index (κ2) is 6.38. The lowest BCUT2D eigenvalue weighted by Gasteiger charge is -2.32. The number of aliphatic hydroxyl groups is 1. The Bertz CT molecular complexity index is 387. The second-order valence-electron chi connectivity index (χ2n) is 4.57. The maximum atomic E-state index is 10.5. The van der Waals surface area contributed by atoms with Crippen molar-refractivity contribution in [2.24, 2.45) is 5.73 Å². The fourth-order valence-corrected chi connectivity index (χ4v) is 1.96. The molecule has 18 heavy (non-hydrogen) atoms. The predicted octanol–water partition coefficient (Wildman–Crippen LogP) is 2.15. The summed E-state index contributed by atoms with van der Waals surface area (Å²) in [7, 11) is 0. The molecule has 0 heterocycles. The van der Waals surface area contributed by atoms with Crippen molar-refractivity contribution in [3.05, 3.63) is 55.1 Å². The number of nitrogens with two attached hydrogens (primary N) is 1. The summed E-state index contributed by atoms with van der Waals surface area (Å²) in [6.45, 7) is 7.29. The van der Waals surface area contributed by atoms with Gasteiger partial charge in [-0.05, 0) is 37.0 Å². The smallest absolute Gasteiger partial charge is 0.115 e. The Morgan fingerprint density at radius 3 is 2.11 bits per heavy atom. The first-order valence-electron chi connectivity index (χ1n) is 5.99. The van der Waals surface area contributed by atoms with Gasteiger partial charge >= 0.3 is 0 Å². The first-order chi connectivity index (χ1) is 8.51. The van der Waals surface area contributed by atoms with Crippen LogP contribution in [0.4, 0.5) is 0 Å². The highest BCUT2D eigenvalue weighted by Gasteiger charge is 2.31. The van der Waals surface area contributed by atoms with Crippen molar-refractivity contribution >= 4 is 0 Å². The van der Waals surface area contributed by atoms with Crippen LogP contribution in [-0.2, 0) is 6.42 Å². The van der Waals surface area contributed by atoms with Gasteiger partial charge in [-0.15, -0.1) is 13.2 Å². The van der Waals surface area contributed by atoms with Gasteiger partial charge in [-0.25, -0.2) is 0 Å². The molecule has 4 N–H and O–H groups in total. The molecule has 0 saturated carbocycles. The van der Waals surface area contributed by atoms with Crippen molar-refractivity contribution in [3.8, 4) is 5.75 Å². The highest BCUT2D eigenvalue weighted by Crippen LogP contribution is 2.23. The van der Waals surface area contributed by atoms with Crippen LogP contribution in [0.15, 0.2) is 49.6 Å². The molecule has 98 valence electrons. The number of phenolic OH excluding ortho intramolecular Hbond substituents is 1. The molecule has 0 aromatic heterocycles. The number of rotatable bonds is 7. The predicted molar refractivity (Wildman–Crippen MR) is 74.4 cm³/mol. The SMILES string of the molecule is C=CCC(O)(CC=C)[C@@H](N)Cc1ccc(O)cc1. The summed E-state index contributed by atoms with van der Waals surface area (Å²) in [5, 5.41) is 19.7. The van der Waals surface area contributed by atoms with Crippen LogP contribution < -0.4 is 5.73 Å². The molecule has 0 unspecified atom stereocenters. The Balaban J connectivity index is 2.77. The molecule has 0 aliphatic heterocycles. The molecule has 1 aromatic rings. The molecule has 0 spiro atoms. The van der Waals surface area contributed by atoms with E-state index < -0.39 is 11.6 Å². The number of hydrogen-bond donors (Lipinski definition) is 3. The lowest BCUT2D eigenvalue weighted by molar-refractivity contribution is 0.0197. The van der Waals surface area contributed by atoms with Crippen molar-refractivity contribution < 1.29 is 10.2 Å². The lowest BCUT2D eigenvalue weighted by Crippen LogP contribution is -2.48. The van der Waals surface area contributed by atoms with Crippen LogP contribution in [-0.4, -0.2) is 21.9 Å². The van der Waals surface area contributed by atoms with Crippen molar-refractivity contribution in [2.75, 3.05) is 0 Å². The van der Waals surface area contributed by atoms with Crippen LogP contribution in [0.1, 0.15) is 18.4 Å². The van der Waals surface area contributed by atoms with Gasteiger partial charge < -0.3 is 15.9 Å². The first-order valence-corrected chi connectivity index (χ1v) is 5.99. The molecule has 1 atom stereocenters. The lowest BCUT2D eigenvalue weighted by atomic mass is 9.84. The number of benzene rings is 1. The van der Waals surface area contributed by atoms with Crippen LogP contribution in [0.3, 0.4) is 0 Å². The van der Waals surface area contributed by atoms with Gasteiger partial charge in [0.2, 0.25) is 0 Å². The summed E-state index contributed by atoms with van der Waals surface area (Å²) in [6, 6.07) is 6.43.